The van der Waals surface area contributed by atoms with E-state index >= 15 is 0 Å². The maximum Gasteiger partial charge on any atom is 0.321 e. The fourth-order valence-electron chi connectivity index (χ4n) is 1.99. The highest BCUT2D eigenvalue weighted by molar-refractivity contribution is 8.00. The van der Waals surface area contributed by atoms with Gasteiger partial charge < -0.3 is 14.5 Å². The second-order valence-corrected chi connectivity index (χ2v) is 8.37. The smallest absolute Gasteiger partial charge is 0.321 e. The number of aromatic nitrogens is 2. The SMILES string of the molecule is C[C@H](Sc1nnc([C@H](C)Oc2ccc(F)cc2)o1)C(=O)NC(=O)NC(C)(C)C. The van der Waals surface area contributed by atoms with Crippen LogP contribution < -0.4 is 15.4 Å². The summed E-state index contributed by atoms with van der Waals surface area (Å²) in [6.07, 6.45) is -0.561. The van der Waals surface area contributed by atoms with Crippen molar-refractivity contribution in [1.82, 2.24) is 20.8 Å². The lowest BCUT2D eigenvalue weighted by Gasteiger charge is -2.20. The Kier molecular flexibility index (Phi) is 7.00. The van der Waals surface area contributed by atoms with Crippen LogP contribution in [0, 0.1) is 5.82 Å². The van der Waals surface area contributed by atoms with Crippen LogP contribution >= 0.6 is 11.8 Å². The summed E-state index contributed by atoms with van der Waals surface area (Å²) in [5.74, 6) is -0.175. The molecular weight excluding hydrogens is 387 g/mol. The summed E-state index contributed by atoms with van der Waals surface area (Å²) in [5, 5.41) is 12.2. The van der Waals surface area contributed by atoms with E-state index in [9.17, 15) is 14.0 Å². The molecule has 3 amide bonds. The molecule has 1 aromatic heterocycles. The van der Waals surface area contributed by atoms with Gasteiger partial charge in [-0.15, -0.1) is 10.2 Å². The number of nitrogens with zero attached hydrogens (tertiary/aromatic N) is 2. The maximum atomic E-state index is 12.9. The first-order valence-corrected chi connectivity index (χ1v) is 9.47. The molecule has 0 aliphatic carbocycles. The van der Waals surface area contributed by atoms with E-state index in [0.717, 1.165) is 11.8 Å². The second-order valence-electron chi connectivity index (χ2n) is 7.07. The quantitative estimate of drug-likeness (QED) is 0.703. The molecule has 8 nitrogen and oxygen atoms in total. The van der Waals surface area contributed by atoms with Crippen molar-refractivity contribution < 1.29 is 23.1 Å². The molecule has 0 unspecified atom stereocenters. The number of ether oxygens (including phenoxy) is 1. The Morgan fingerprint density at radius 3 is 2.43 bits per heavy atom. The summed E-state index contributed by atoms with van der Waals surface area (Å²) in [6, 6.07) is 4.98. The third-order valence-electron chi connectivity index (χ3n) is 3.27. The van der Waals surface area contributed by atoms with Gasteiger partial charge in [0.05, 0.1) is 5.25 Å². The van der Waals surface area contributed by atoms with E-state index in [2.05, 4.69) is 20.8 Å². The van der Waals surface area contributed by atoms with Gasteiger partial charge >= 0.3 is 6.03 Å². The van der Waals surface area contributed by atoms with E-state index in [1.54, 1.807) is 13.8 Å². The number of hydrogen-bond donors (Lipinski definition) is 2. The summed E-state index contributed by atoms with van der Waals surface area (Å²) in [7, 11) is 0. The van der Waals surface area contributed by atoms with Crippen LogP contribution in [0.5, 0.6) is 5.75 Å². The Hall–Kier alpha value is -2.62. The van der Waals surface area contributed by atoms with Gasteiger partial charge in [-0.05, 0) is 58.9 Å². The minimum Gasteiger partial charge on any atom is -0.481 e. The molecule has 10 heteroatoms. The van der Waals surface area contributed by atoms with Crippen molar-refractivity contribution in [2.24, 2.45) is 0 Å². The molecule has 0 aliphatic heterocycles. The highest BCUT2D eigenvalue weighted by Gasteiger charge is 2.23. The van der Waals surface area contributed by atoms with E-state index in [-0.39, 0.29) is 16.9 Å². The van der Waals surface area contributed by atoms with E-state index in [1.807, 2.05) is 20.8 Å². The molecule has 0 spiro atoms. The molecule has 152 valence electrons. The number of nitrogens with one attached hydrogen (secondary N) is 2. The molecule has 0 saturated heterocycles. The second kappa shape index (κ2) is 9.05. The van der Waals surface area contributed by atoms with Crippen LogP contribution in [-0.4, -0.2) is 32.9 Å². The normalized spacial score (nSPS) is 13.5. The molecular formula is C18H23FN4O4S. The van der Waals surface area contributed by atoms with Gasteiger partial charge in [-0.2, -0.15) is 0 Å². The van der Waals surface area contributed by atoms with Gasteiger partial charge in [-0.3, -0.25) is 10.1 Å². The van der Waals surface area contributed by atoms with Crippen molar-refractivity contribution in [3.63, 3.8) is 0 Å². The molecule has 2 N–H and O–H groups in total. The predicted molar refractivity (Wildman–Crippen MR) is 101 cm³/mol. The molecule has 0 fully saturated rings. The van der Waals surface area contributed by atoms with Crippen molar-refractivity contribution in [1.29, 1.82) is 0 Å². The van der Waals surface area contributed by atoms with Crippen molar-refractivity contribution in [3.8, 4) is 5.75 Å². The molecule has 0 radical (unpaired) electrons. The number of amides is 3. The summed E-state index contributed by atoms with van der Waals surface area (Å²) in [4.78, 5) is 23.9. The predicted octanol–water partition coefficient (Wildman–Crippen LogP) is 3.45. The molecule has 28 heavy (non-hydrogen) atoms. The number of benzene rings is 1. The number of carbonyl (C=O) groups excluding carboxylic acids is 2. The molecule has 0 bridgehead atoms. The Bertz CT molecular complexity index is 820. The number of carbonyl (C=O) groups is 2. The van der Waals surface area contributed by atoms with Gasteiger partial charge in [-0.1, -0.05) is 11.8 Å². The third kappa shape index (κ3) is 6.84. The fourth-order valence-corrected chi connectivity index (χ4v) is 2.68. The Morgan fingerprint density at radius 1 is 1.18 bits per heavy atom. The topological polar surface area (TPSA) is 106 Å². The van der Waals surface area contributed by atoms with Crippen molar-refractivity contribution >= 4 is 23.7 Å². The van der Waals surface area contributed by atoms with Crippen molar-refractivity contribution in [2.45, 2.75) is 56.7 Å². The van der Waals surface area contributed by atoms with Crippen LogP contribution in [0.4, 0.5) is 9.18 Å². The first-order valence-electron chi connectivity index (χ1n) is 8.59. The largest absolute Gasteiger partial charge is 0.481 e. The van der Waals surface area contributed by atoms with E-state index < -0.39 is 28.8 Å². The maximum absolute atomic E-state index is 12.9. The Morgan fingerprint density at radius 2 is 1.82 bits per heavy atom. The molecule has 0 aliphatic rings. The number of hydrogen-bond acceptors (Lipinski definition) is 7. The van der Waals surface area contributed by atoms with Gasteiger partial charge in [0.2, 0.25) is 5.91 Å². The van der Waals surface area contributed by atoms with Crippen LogP contribution in [-0.2, 0) is 4.79 Å². The molecule has 2 rings (SSSR count). The number of halogens is 1. The standard InChI is InChI=1S/C18H23FN4O4S/c1-10(26-13-8-6-12(19)7-9-13)15-22-23-17(27-15)28-11(2)14(24)20-16(25)21-18(3,4)5/h6-11H,1-5H3,(H2,20,21,24,25)/t10-,11-/m0/s1. The van der Waals surface area contributed by atoms with Gasteiger partial charge in [0, 0.05) is 5.54 Å². The molecule has 1 heterocycles. The average molecular weight is 410 g/mol. The number of rotatable bonds is 6. The highest BCUT2D eigenvalue weighted by Crippen LogP contribution is 2.26. The Labute approximate surface area is 166 Å². The molecule has 1 aromatic carbocycles. The van der Waals surface area contributed by atoms with Crippen molar-refractivity contribution in [2.75, 3.05) is 0 Å². The zero-order valence-corrected chi connectivity index (χ0v) is 17.1. The van der Waals surface area contributed by atoms with Gasteiger partial charge in [-0.25, -0.2) is 9.18 Å². The van der Waals surface area contributed by atoms with Crippen LogP contribution in [0.15, 0.2) is 33.9 Å². The van der Waals surface area contributed by atoms with E-state index in [0.29, 0.717) is 5.75 Å². The summed E-state index contributed by atoms with van der Waals surface area (Å²) < 4.78 is 24.1. The van der Waals surface area contributed by atoms with Gasteiger partial charge in [0.25, 0.3) is 11.1 Å². The number of thioether (sulfide) groups is 1. The lowest BCUT2D eigenvalue weighted by molar-refractivity contribution is -0.119. The summed E-state index contributed by atoms with van der Waals surface area (Å²) in [5.41, 5.74) is -0.456. The van der Waals surface area contributed by atoms with E-state index in [4.69, 9.17) is 9.15 Å². The summed E-state index contributed by atoms with van der Waals surface area (Å²) in [6.45, 7) is 8.75. The minimum absolute atomic E-state index is 0.170. The lowest BCUT2D eigenvalue weighted by atomic mass is 10.1. The molecule has 0 saturated carbocycles. The fraction of sp³-hybridized carbons (Fsp3) is 0.444. The third-order valence-corrected chi connectivity index (χ3v) is 4.20. The Balaban J connectivity index is 1.89. The first kappa shape index (κ1) is 21.7. The van der Waals surface area contributed by atoms with Crippen molar-refractivity contribution in [3.05, 3.63) is 36.0 Å². The zero-order chi connectivity index (χ0) is 20.9. The molecule has 2 aromatic rings. The van der Waals surface area contributed by atoms with Crippen LogP contribution in [0.25, 0.3) is 0 Å². The van der Waals surface area contributed by atoms with Crippen LogP contribution in [0.3, 0.4) is 0 Å². The van der Waals surface area contributed by atoms with E-state index in [1.165, 1.54) is 24.3 Å². The highest BCUT2D eigenvalue weighted by atomic mass is 32.2. The lowest BCUT2D eigenvalue weighted by Crippen LogP contribution is -2.49. The van der Waals surface area contributed by atoms with Gasteiger partial charge in [0.15, 0.2) is 6.10 Å². The minimum atomic E-state index is -0.632. The van der Waals surface area contributed by atoms with Gasteiger partial charge in [0.1, 0.15) is 11.6 Å². The zero-order valence-electron chi connectivity index (χ0n) is 16.3. The number of urea groups is 1. The van der Waals surface area contributed by atoms with Crippen LogP contribution in [0.1, 0.15) is 46.6 Å². The molecule has 2 atom stereocenters. The average Bonchev–Trinajstić information content (AvgIpc) is 3.03. The first-order chi connectivity index (χ1) is 13.0. The number of imide groups is 1. The monoisotopic (exact) mass is 410 g/mol. The van der Waals surface area contributed by atoms with Crippen LogP contribution in [0.2, 0.25) is 0 Å². The summed E-state index contributed by atoms with van der Waals surface area (Å²) >= 11 is 1.02.